The van der Waals surface area contributed by atoms with Crippen LogP contribution in [0.4, 0.5) is 5.69 Å². The number of rotatable bonds is 3. The molecule has 96 valence electrons. The molecule has 1 heterocycles. The summed E-state index contributed by atoms with van der Waals surface area (Å²) in [5, 5.41) is 4.60. The first-order valence-electron chi connectivity index (χ1n) is 6.70. The number of fused-ring (bicyclic) bond motifs is 1. The molecule has 2 aromatic rings. The van der Waals surface area contributed by atoms with Crippen molar-refractivity contribution in [1.82, 2.24) is 4.98 Å². The molecule has 0 aliphatic carbocycles. The zero-order chi connectivity index (χ0) is 13.3. The van der Waals surface area contributed by atoms with Gasteiger partial charge in [-0.2, -0.15) is 0 Å². The second-order valence-corrected chi connectivity index (χ2v) is 5.05. The Hall–Kier alpha value is -1.57. The number of nitrogens with one attached hydrogen (secondary N) is 1. The molecular weight excluding hydrogens is 220 g/mol. The SMILES string of the molecule is CCc1c(C)nc2c(C(C)C)cccc2c1NC. The monoisotopic (exact) mass is 242 g/mol. The van der Waals surface area contributed by atoms with E-state index in [4.69, 9.17) is 4.98 Å². The van der Waals surface area contributed by atoms with Gasteiger partial charge in [0, 0.05) is 23.8 Å². The largest absolute Gasteiger partial charge is 0.387 e. The van der Waals surface area contributed by atoms with Crippen LogP contribution in [0.1, 0.15) is 43.5 Å². The van der Waals surface area contributed by atoms with Gasteiger partial charge >= 0.3 is 0 Å². The number of aryl methyl sites for hydroxylation is 1. The third-order valence-corrected chi connectivity index (χ3v) is 3.58. The molecule has 0 bridgehead atoms. The van der Waals surface area contributed by atoms with Crippen LogP contribution < -0.4 is 5.32 Å². The molecule has 2 rings (SSSR count). The molecule has 1 aromatic carbocycles. The number of hydrogen-bond donors (Lipinski definition) is 1. The molecule has 1 aromatic heterocycles. The molecule has 2 nitrogen and oxygen atoms in total. The van der Waals surface area contributed by atoms with Crippen LogP contribution in [-0.4, -0.2) is 12.0 Å². The van der Waals surface area contributed by atoms with Crippen molar-refractivity contribution >= 4 is 16.6 Å². The molecule has 18 heavy (non-hydrogen) atoms. The Bertz CT molecular complexity index is 571. The van der Waals surface area contributed by atoms with Gasteiger partial charge in [-0.15, -0.1) is 0 Å². The molecule has 0 saturated heterocycles. The molecule has 0 radical (unpaired) electrons. The van der Waals surface area contributed by atoms with E-state index in [-0.39, 0.29) is 0 Å². The summed E-state index contributed by atoms with van der Waals surface area (Å²) in [6.07, 6.45) is 1.01. The fourth-order valence-corrected chi connectivity index (χ4v) is 2.65. The first-order valence-corrected chi connectivity index (χ1v) is 6.70. The van der Waals surface area contributed by atoms with E-state index in [0.29, 0.717) is 5.92 Å². The lowest BCUT2D eigenvalue weighted by Gasteiger charge is -2.17. The Morgan fingerprint density at radius 2 is 2.00 bits per heavy atom. The molecule has 0 aliphatic heterocycles. The maximum absolute atomic E-state index is 4.84. The van der Waals surface area contributed by atoms with Gasteiger partial charge in [-0.25, -0.2) is 0 Å². The molecule has 0 aliphatic rings. The van der Waals surface area contributed by atoms with Gasteiger partial charge in [-0.05, 0) is 30.4 Å². The topological polar surface area (TPSA) is 24.9 Å². The smallest absolute Gasteiger partial charge is 0.0760 e. The normalized spacial score (nSPS) is 11.2. The van der Waals surface area contributed by atoms with Crippen LogP contribution in [0.5, 0.6) is 0 Å². The lowest BCUT2D eigenvalue weighted by Crippen LogP contribution is -2.03. The van der Waals surface area contributed by atoms with Gasteiger partial charge in [0.05, 0.1) is 5.52 Å². The van der Waals surface area contributed by atoms with Gasteiger partial charge in [-0.3, -0.25) is 4.98 Å². The first-order chi connectivity index (χ1) is 8.60. The van der Waals surface area contributed by atoms with Gasteiger partial charge in [0.25, 0.3) is 0 Å². The summed E-state index contributed by atoms with van der Waals surface area (Å²) in [6, 6.07) is 6.48. The summed E-state index contributed by atoms with van der Waals surface area (Å²) < 4.78 is 0. The maximum atomic E-state index is 4.84. The van der Waals surface area contributed by atoms with E-state index in [1.54, 1.807) is 0 Å². The number of anilines is 1. The highest BCUT2D eigenvalue weighted by Crippen LogP contribution is 2.32. The number of hydrogen-bond acceptors (Lipinski definition) is 2. The molecule has 2 heteroatoms. The van der Waals surface area contributed by atoms with Gasteiger partial charge in [0.2, 0.25) is 0 Å². The highest BCUT2D eigenvalue weighted by molar-refractivity contribution is 5.95. The Kier molecular flexibility index (Phi) is 3.55. The highest BCUT2D eigenvalue weighted by atomic mass is 14.8. The van der Waals surface area contributed by atoms with Gasteiger partial charge in [0.1, 0.15) is 0 Å². The summed E-state index contributed by atoms with van der Waals surface area (Å²) >= 11 is 0. The van der Waals surface area contributed by atoms with E-state index in [2.05, 4.69) is 51.2 Å². The van der Waals surface area contributed by atoms with E-state index in [9.17, 15) is 0 Å². The minimum atomic E-state index is 0.498. The van der Waals surface area contributed by atoms with Crippen LogP contribution >= 0.6 is 0 Å². The summed E-state index contributed by atoms with van der Waals surface area (Å²) in [7, 11) is 2.00. The van der Waals surface area contributed by atoms with Crippen molar-refractivity contribution in [2.45, 2.75) is 40.0 Å². The summed E-state index contributed by atoms with van der Waals surface area (Å²) in [6.45, 7) is 8.73. The van der Waals surface area contributed by atoms with E-state index in [1.165, 1.54) is 22.2 Å². The Balaban J connectivity index is 2.87. The van der Waals surface area contributed by atoms with Gasteiger partial charge in [0.15, 0.2) is 0 Å². The molecule has 1 N–H and O–H groups in total. The Morgan fingerprint density at radius 3 is 2.56 bits per heavy atom. The lowest BCUT2D eigenvalue weighted by molar-refractivity contribution is 0.871. The molecule has 0 spiro atoms. The average molecular weight is 242 g/mol. The zero-order valence-electron chi connectivity index (χ0n) is 12.0. The molecule has 0 amide bonds. The lowest BCUT2D eigenvalue weighted by atomic mass is 9.96. The maximum Gasteiger partial charge on any atom is 0.0760 e. The van der Waals surface area contributed by atoms with E-state index < -0.39 is 0 Å². The van der Waals surface area contributed by atoms with Gasteiger partial charge in [-0.1, -0.05) is 39.0 Å². The van der Waals surface area contributed by atoms with Crippen molar-refractivity contribution in [3.8, 4) is 0 Å². The van der Waals surface area contributed by atoms with Crippen LogP contribution in [0.3, 0.4) is 0 Å². The number of benzene rings is 1. The van der Waals surface area contributed by atoms with Crippen molar-refractivity contribution in [2.24, 2.45) is 0 Å². The fraction of sp³-hybridized carbons (Fsp3) is 0.438. The zero-order valence-corrected chi connectivity index (χ0v) is 12.0. The predicted octanol–water partition coefficient (Wildman–Crippen LogP) is 4.27. The second kappa shape index (κ2) is 4.97. The number of nitrogens with zero attached hydrogens (tertiary/aromatic N) is 1. The molecule has 0 unspecified atom stereocenters. The number of pyridine rings is 1. The minimum absolute atomic E-state index is 0.498. The van der Waals surface area contributed by atoms with Crippen molar-refractivity contribution in [3.05, 3.63) is 35.0 Å². The highest BCUT2D eigenvalue weighted by Gasteiger charge is 2.13. The van der Waals surface area contributed by atoms with Crippen LogP contribution in [0.15, 0.2) is 18.2 Å². The van der Waals surface area contributed by atoms with Crippen molar-refractivity contribution in [3.63, 3.8) is 0 Å². The van der Waals surface area contributed by atoms with Crippen molar-refractivity contribution < 1.29 is 0 Å². The Labute approximate surface area is 109 Å². The van der Waals surface area contributed by atoms with Crippen LogP contribution in [0.25, 0.3) is 10.9 Å². The van der Waals surface area contributed by atoms with Gasteiger partial charge < -0.3 is 5.32 Å². The van der Waals surface area contributed by atoms with Crippen molar-refractivity contribution in [1.29, 1.82) is 0 Å². The summed E-state index contributed by atoms with van der Waals surface area (Å²) in [5.74, 6) is 0.498. The molecule has 0 fully saturated rings. The second-order valence-electron chi connectivity index (χ2n) is 5.05. The van der Waals surface area contributed by atoms with Crippen LogP contribution in [0, 0.1) is 6.92 Å². The summed E-state index contributed by atoms with van der Waals surface area (Å²) in [5.41, 5.74) is 6.18. The predicted molar refractivity (Wildman–Crippen MR) is 79.5 cm³/mol. The summed E-state index contributed by atoms with van der Waals surface area (Å²) in [4.78, 5) is 4.84. The van der Waals surface area contributed by atoms with E-state index in [1.807, 2.05) is 7.05 Å². The van der Waals surface area contributed by atoms with Crippen LogP contribution in [-0.2, 0) is 6.42 Å². The average Bonchev–Trinajstić information content (AvgIpc) is 2.36. The third kappa shape index (κ3) is 1.96. The third-order valence-electron chi connectivity index (χ3n) is 3.58. The molecule has 0 saturated carbocycles. The van der Waals surface area contributed by atoms with Crippen molar-refractivity contribution in [2.75, 3.05) is 12.4 Å². The minimum Gasteiger partial charge on any atom is -0.387 e. The number of aromatic nitrogens is 1. The number of para-hydroxylation sites is 1. The first kappa shape index (κ1) is 12.9. The Morgan fingerprint density at radius 1 is 1.28 bits per heavy atom. The standard InChI is InChI=1S/C16H22N2/c1-6-12-11(4)18-16-13(10(2)3)8-7-9-14(16)15(12)17-5/h7-10H,6H2,1-5H3,(H,17,18). The van der Waals surface area contributed by atoms with E-state index >= 15 is 0 Å². The molecule has 0 atom stereocenters. The van der Waals surface area contributed by atoms with E-state index in [0.717, 1.165) is 17.6 Å². The quantitative estimate of drug-likeness (QED) is 0.869. The fourth-order valence-electron chi connectivity index (χ4n) is 2.65. The molecular formula is C16H22N2. The van der Waals surface area contributed by atoms with Crippen LogP contribution in [0.2, 0.25) is 0 Å².